The molecule has 1 unspecified atom stereocenters. The van der Waals surface area contributed by atoms with Gasteiger partial charge in [0.15, 0.2) is 4.90 Å². The monoisotopic (exact) mass is 388 g/mol. The van der Waals surface area contributed by atoms with Crippen molar-refractivity contribution in [2.75, 3.05) is 6.61 Å². The lowest BCUT2D eigenvalue weighted by Crippen LogP contribution is -2.45. The molecule has 2 aromatic carbocycles. The van der Waals surface area contributed by atoms with Crippen LogP contribution in [0.5, 0.6) is 5.75 Å². The Morgan fingerprint density at radius 3 is 2.63 bits per heavy atom. The summed E-state index contributed by atoms with van der Waals surface area (Å²) >= 11 is -1.63. The van der Waals surface area contributed by atoms with E-state index in [0.29, 0.717) is 11.5 Å². The van der Waals surface area contributed by atoms with Crippen molar-refractivity contribution in [2.45, 2.75) is 36.6 Å². The Morgan fingerprint density at radius 1 is 1.30 bits per heavy atom. The molecule has 0 amide bonds. The quantitative estimate of drug-likeness (QED) is 0.811. The Morgan fingerprint density at radius 2 is 2.00 bits per heavy atom. The van der Waals surface area contributed by atoms with Gasteiger partial charge in [-0.2, -0.15) is 5.26 Å². The van der Waals surface area contributed by atoms with Gasteiger partial charge in [-0.15, -0.1) is 4.72 Å². The summed E-state index contributed by atoms with van der Waals surface area (Å²) in [6.07, 6.45) is 1.57. The van der Waals surface area contributed by atoms with Crippen LogP contribution in [0.2, 0.25) is 0 Å². The van der Waals surface area contributed by atoms with Crippen LogP contribution in [-0.4, -0.2) is 17.2 Å². The maximum atomic E-state index is 14.6. The van der Waals surface area contributed by atoms with Crippen LogP contribution in [0.15, 0.2) is 41.3 Å². The predicted molar refractivity (Wildman–Crippen MR) is 96.4 cm³/mol. The zero-order chi connectivity index (χ0) is 19.2. The van der Waals surface area contributed by atoms with E-state index >= 15 is 0 Å². The van der Waals surface area contributed by atoms with Crippen molar-refractivity contribution in [3.63, 3.8) is 0 Å². The highest BCUT2D eigenvalue weighted by Crippen LogP contribution is 2.61. The summed E-state index contributed by atoms with van der Waals surface area (Å²) in [6, 6.07) is 10.3. The van der Waals surface area contributed by atoms with E-state index in [0.717, 1.165) is 30.5 Å². The molecule has 2 aliphatic rings. The van der Waals surface area contributed by atoms with Gasteiger partial charge in [0.1, 0.15) is 23.4 Å². The Hall–Kier alpha value is -2.14. The van der Waals surface area contributed by atoms with E-state index in [1.54, 1.807) is 12.1 Å². The van der Waals surface area contributed by atoms with Crippen molar-refractivity contribution in [1.82, 2.24) is 4.72 Å². The highest BCUT2D eigenvalue weighted by Gasteiger charge is 2.58. The summed E-state index contributed by atoms with van der Waals surface area (Å²) in [7, 11) is 0. The zero-order valence-electron chi connectivity index (χ0n) is 14.7. The first-order valence-corrected chi connectivity index (χ1v) is 9.84. The van der Waals surface area contributed by atoms with E-state index in [4.69, 9.17) is 4.74 Å². The third-order valence-electron chi connectivity index (χ3n) is 5.38. The van der Waals surface area contributed by atoms with Gasteiger partial charge in [0.05, 0.1) is 24.0 Å². The Balaban J connectivity index is 1.68. The van der Waals surface area contributed by atoms with Crippen LogP contribution >= 0.6 is 0 Å². The molecule has 1 heterocycles. The smallest absolute Gasteiger partial charge is 0.173 e. The number of rotatable bonds is 4. The number of fused-ring (bicyclic) bond motifs is 1. The molecular weight excluding hydrogens is 370 g/mol. The van der Waals surface area contributed by atoms with E-state index in [1.807, 2.05) is 19.1 Å². The second-order valence-corrected chi connectivity index (χ2v) is 8.48. The highest BCUT2D eigenvalue weighted by atomic mass is 32.2. The first-order chi connectivity index (χ1) is 12.9. The fourth-order valence-corrected chi connectivity index (χ4v) is 4.69. The Bertz CT molecular complexity index is 909. The minimum absolute atomic E-state index is 0.123. The van der Waals surface area contributed by atoms with Crippen molar-refractivity contribution in [2.24, 2.45) is 5.41 Å². The summed E-state index contributed by atoms with van der Waals surface area (Å²) in [5.41, 5.74) is 0.850. The number of benzene rings is 2. The molecule has 1 saturated carbocycles. The Labute approximate surface area is 159 Å². The minimum Gasteiger partial charge on any atom is -0.593 e. The van der Waals surface area contributed by atoms with Gasteiger partial charge >= 0.3 is 0 Å². The summed E-state index contributed by atoms with van der Waals surface area (Å²) < 4.78 is 49.4. The van der Waals surface area contributed by atoms with Crippen molar-refractivity contribution in [3.8, 4) is 11.8 Å². The van der Waals surface area contributed by atoms with Crippen LogP contribution in [0.3, 0.4) is 0 Å². The summed E-state index contributed by atoms with van der Waals surface area (Å²) in [4.78, 5) is 0.539. The molecule has 1 spiro atoms. The van der Waals surface area contributed by atoms with Crippen molar-refractivity contribution >= 4 is 11.4 Å². The summed E-state index contributed by atoms with van der Waals surface area (Å²) in [6.45, 7) is 2.22. The molecule has 1 aliphatic heterocycles. The van der Waals surface area contributed by atoms with E-state index in [1.165, 1.54) is 0 Å². The number of nitrogens with one attached hydrogen (secondary N) is 1. The Kier molecular flexibility index (Phi) is 4.58. The maximum Gasteiger partial charge on any atom is 0.173 e. The van der Waals surface area contributed by atoms with Gasteiger partial charge in [-0.1, -0.05) is 17.7 Å². The summed E-state index contributed by atoms with van der Waals surface area (Å²) in [5.74, 6) is -1.88. The highest BCUT2D eigenvalue weighted by molar-refractivity contribution is 7.89. The molecular formula is C20H18F2N2O2S. The number of aryl methyl sites for hydroxylation is 1. The van der Waals surface area contributed by atoms with Crippen LogP contribution in [0.1, 0.15) is 29.9 Å². The molecule has 27 heavy (non-hydrogen) atoms. The fourth-order valence-electron chi connectivity index (χ4n) is 3.75. The molecule has 140 valence electrons. The van der Waals surface area contributed by atoms with E-state index < -0.39 is 35.0 Å². The largest absolute Gasteiger partial charge is 0.593 e. The van der Waals surface area contributed by atoms with Crippen LogP contribution < -0.4 is 9.46 Å². The second-order valence-electron chi connectivity index (χ2n) is 7.23. The molecule has 0 aromatic heterocycles. The van der Waals surface area contributed by atoms with Gasteiger partial charge < -0.3 is 9.29 Å². The summed E-state index contributed by atoms with van der Waals surface area (Å²) in [5, 5.41) is 9.76. The minimum atomic E-state index is -1.63. The molecule has 1 N–H and O–H groups in total. The van der Waals surface area contributed by atoms with Crippen LogP contribution in [-0.2, 0) is 11.4 Å². The van der Waals surface area contributed by atoms with Crippen LogP contribution in [0.25, 0.3) is 0 Å². The fraction of sp³-hybridized carbons (Fsp3) is 0.350. The van der Waals surface area contributed by atoms with Crippen molar-refractivity contribution in [3.05, 3.63) is 59.2 Å². The maximum absolute atomic E-state index is 14.6. The van der Waals surface area contributed by atoms with Gasteiger partial charge in [0.2, 0.25) is 0 Å². The average Bonchev–Trinajstić information content (AvgIpc) is 3.41. The molecule has 3 atom stereocenters. The van der Waals surface area contributed by atoms with Crippen LogP contribution in [0, 0.1) is 35.3 Å². The average molecular weight is 388 g/mol. The van der Waals surface area contributed by atoms with Gasteiger partial charge in [0, 0.05) is 29.0 Å². The van der Waals surface area contributed by atoms with E-state index in [2.05, 4.69) is 10.8 Å². The van der Waals surface area contributed by atoms with Gasteiger partial charge in [-0.25, -0.2) is 8.78 Å². The number of halogens is 2. The van der Waals surface area contributed by atoms with Gasteiger partial charge in [-0.3, -0.25) is 0 Å². The molecule has 1 fully saturated rings. The van der Waals surface area contributed by atoms with E-state index in [-0.39, 0.29) is 16.7 Å². The molecule has 7 heteroatoms. The lowest BCUT2D eigenvalue weighted by atomic mass is 9.77. The molecule has 4 rings (SSSR count). The standard InChI is InChI=1S/C20H18F2N2O2S/c1-12-2-4-14(5-3-12)27(25)24-16(10-23)19-18-15(22)8-13(21)9-17(18)26-11-20(19)6-7-20/h2-5,8-9,16,19,24H,6-7,11H2,1H3/t16-,19?,27+/m1/s1. The molecule has 1 aliphatic carbocycles. The third-order valence-corrected chi connectivity index (χ3v) is 6.54. The molecule has 0 bridgehead atoms. The SMILES string of the molecule is Cc1ccc([S@+]([O-])N[C@H](C#N)C2c3c(F)cc(F)cc3OCC23CC3)cc1. The first-order valence-electron chi connectivity index (χ1n) is 8.69. The lowest BCUT2D eigenvalue weighted by Gasteiger charge is -2.36. The molecule has 2 aromatic rings. The third kappa shape index (κ3) is 3.29. The van der Waals surface area contributed by atoms with Crippen LogP contribution in [0.4, 0.5) is 8.78 Å². The normalized spacial score (nSPS) is 21.7. The molecule has 4 nitrogen and oxygen atoms in total. The first kappa shape index (κ1) is 18.2. The van der Waals surface area contributed by atoms with Crippen molar-refractivity contribution < 1.29 is 18.1 Å². The number of nitriles is 1. The van der Waals surface area contributed by atoms with E-state index in [9.17, 15) is 18.6 Å². The van der Waals surface area contributed by atoms with Crippen molar-refractivity contribution in [1.29, 1.82) is 5.26 Å². The van der Waals surface area contributed by atoms with Gasteiger partial charge in [-0.05, 0) is 31.9 Å². The molecule has 0 saturated heterocycles. The molecule has 0 radical (unpaired) electrons. The number of nitrogens with zero attached hydrogens (tertiary/aromatic N) is 1. The lowest BCUT2D eigenvalue weighted by molar-refractivity contribution is 0.162. The topological polar surface area (TPSA) is 68.1 Å². The van der Waals surface area contributed by atoms with Gasteiger partial charge in [0.25, 0.3) is 0 Å². The number of ether oxygens (including phenoxy) is 1. The predicted octanol–water partition coefficient (Wildman–Crippen LogP) is 3.73. The number of hydrogen-bond donors (Lipinski definition) is 1. The second kappa shape index (κ2) is 6.79. The zero-order valence-corrected chi connectivity index (χ0v) is 15.5. The number of hydrogen-bond acceptors (Lipinski definition) is 4.